The Morgan fingerprint density at radius 1 is 0.571 bits per heavy atom. The molecule has 0 atom stereocenters. The van der Waals surface area contributed by atoms with Gasteiger partial charge in [0.2, 0.25) is 0 Å². The molecule has 2 N–H and O–H groups in total. The van der Waals surface area contributed by atoms with Crippen LogP contribution in [-0.2, 0) is 0 Å². The van der Waals surface area contributed by atoms with Crippen molar-refractivity contribution in [3.05, 3.63) is 72.8 Å². The molecule has 0 aromatic heterocycles. The summed E-state index contributed by atoms with van der Waals surface area (Å²) in [6, 6.07) is 25.2. The molecule has 0 aliphatic carbocycles. The van der Waals surface area contributed by atoms with E-state index in [0.29, 0.717) is 13.3 Å². The van der Waals surface area contributed by atoms with Gasteiger partial charge in [0, 0.05) is 22.1 Å². The van der Waals surface area contributed by atoms with Crippen molar-refractivity contribution in [3.8, 4) is 0 Å². The standard InChI is InChI=1S/C22H18N6/c1-5-15-7-3-11-19-21(15)17(9-1)23-13-27(19)25-26-28-14-24-18-10-2-6-16-8-4-12-20(28)22(16)18/h1-12,23-24H,13-14H2/b26-25+. The molecule has 2 aliphatic rings. The number of hydrogen-bond donors (Lipinski definition) is 2. The molecule has 28 heavy (non-hydrogen) atoms. The van der Waals surface area contributed by atoms with Crippen molar-refractivity contribution in [2.45, 2.75) is 0 Å². The van der Waals surface area contributed by atoms with Gasteiger partial charge in [0.1, 0.15) is 13.3 Å². The molecule has 2 aliphatic heterocycles. The largest absolute Gasteiger partial charge is 0.366 e. The molecule has 6 heteroatoms. The van der Waals surface area contributed by atoms with Crippen LogP contribution in [0, 0.1) is 0 Å². The minimum absolute atomic E-state index is 0.585. The first-order valence-electron chi connectivity index (χ1n) is 9.36. The van der Waals surface area contributed by atoms with Crippen molar-refractivity contribution in [2.75, 3.05) is 34.0 Å². The Kier molecular flexibility index (Phi) is 3.19. The number of hydrogen-bond acceptors (Lipinski definition) is 4. The Morgan fingerprint density at radius 2 is 1.00 bits per heavy atom. The Balaban J connectivity index is 1.40. The average Bonchev–Trinajstić information content (AvgIpc) is 2.75. The van der Waals surface area contributed by atoms with Gasteiger partial charge in [-0.15, -0.1) is 0 Å². The highest BCUT2D eigenvalue weighted by molar-refractivity contribution is 6.05. The van der Waals surface area contributed by atoms with Gasteiger partial charge in [-0.05, 0) is 45.5 Å². The number of rotatable bonds is 2. The third-order valence-corrected chi connectivity index (χ3v) is 5.42. The van der Waals surface area contributed by atoms with Gasteiger partial charge >= 0.3 is 0 Å². The Morgan fingerprint density at radius 3 is 1.46 bits per heavy atom. The summed E-state index contributed by atoms with van der Waals surface area (Å²) in [6.45, 7) is 1.17. The summed E-state index contributed by atoms with van der Waals surface area (Å²) in [5.74, 6) is 0. The zero-order chi connectivity index (χ0) is 18.5. The summed E-state index contributed by atoms with van der Waals surface area (Å²) < 4.78 is 0. The predicted molar refractivity (Wildman–Crippen MR) is 115 cm³/mol. The predicted octanol–water partition coefficient (Wildman–Crippen LogP) is 5.35. The minimum Gasteiger partial charge on any atom is -0.366 e. The van der Waals surface area contributed by atoms with Crippen LogP contribution in [0.15, 0.2) is 83.2 Å². The van der Waals surface area contributed by atoms with Crippen LogP contribution in [0.3, 0.4) is 0 Å². The third-order valence-electron chi connectivity index (χ3n) is 5.42. The van der Waals surface area contributed by atoms with E-state index in [1.165, 1.54) is 21.5 Å². The molecule has 6 rings (SSSR count). The molecule has 136 valence electrons. The van der Waals surface area contributed by atoms with E-state index < -0.39 is 0 Å². The third kappa shape index (κ3) is 2.21. The molecule has 4 aromatic carbocycles. The Labute approximate surface area is 162 Å². The van der Waals surface area contributed by atoms with Gasteiger partial charge in [-0.2, -0.15) is 0 Å². The molecule has 0 fully saturated rings. The van der Waals surface area contributed by atoms with Crippen LogP contribution >= 0.6 is 0 Å². The normalized spacial score (nSPS) is 15.1. The number of anilines is 4. The molecule has 4 aromatic rings. The molecule has 0 bridgehead atoms. The van der Waals surface area contributed by atoms with Crippen LogP contribution in [0.1, 0.15) is 0 Å². The molecular formula is C22H18N6. The maximum atomic E-state index is 4.57. The van der Waals surface area contributed by atoms with Crippen molar-refractivity contribution >= 4 is 44.3 Å². The molecule has 2 heterocycles. The monoisotopic (exact) mass is 366 g/mol. The average molecular weight is 366 g/mol. The highest BCUT2D eigenvalue weighted by Gasteiger charge is 2.20. The smallest absolute Gasteiger partial charge is 0.112 e. The topological polar surface area (TPSA) is 55.3 Å². The number of benzene rings is 4. The summed E-state index contributed by atoms with van der Waals surface area (Å²) in [4.78, 5) is 0. The van der Waals surface area contributed by atoms with E-state index in [2.05, 4.69) is 93.9 Å². The summed E-state index contributed by atoms with van der Waals surface area (Å²) in [7, 11) is 0. The second-order valence-corrected chi connectivity index (χ2v) is 7.01. The maximum Gasteiger partial charge on any atom is 0.112 e. The second-order valence-electron chi connectivity index (χ2n) is 7.01. The lowest BCUT2D eigenvalue weighted by Gasteiger charge is -2.30. The molecule has 6 nitrogen and oxygen atoms in total. The molecular weight excluding hydrogens is 348 g/mol. The first-order chi connectivity index (χ1) is 13.9. The Bertz CT molecular complexity index is 1140. The lowest BCUT2D eigenvalue weighted by molar-refractivity contribution is 0.747. The summed E-state index contributed by atoms with van der Waals surface area (Å²) in [6.07, 6.45) is 0. The van der Waals surface area contributed by atoms with Crippen molar-refractivity contribution in [1.29, 1.82) is 0 Å². The van der Waals surface area contributed by atoms with E-state index in [-0.39, 0.29) is 0 Å². The van der Waals surface area contributed by atoms with Gasteiger partial charge in [0.25, 0.3) is 0 Å². The van der Waals surface area contributed by atoms with Crippen LogP contribution in [0.5, 0.6) is 0 Å². The molecule has 0 unspecified atom stereocenters. The van der Waals surface area contributed by atoms with Gasteiger partial charge < -0.3 is 10.6 Å². The fourth-order valence-corrected chi connectivity index (χ4v) is 4.11. The molecule has 0 radical (unpaired) electrons. The quantitative estimate of drug-likeness (QED) is 0.469. The minimum atomic E-state index is 0.585. The van der Waals surface area contributed by atoms with E-state index in [0.717, 1.165) is 22.7 Å². The van der Waals surface area contributed by atoms with E-state index in [1.54, 1.807) is 0 Å². The molecule has 0 spiro atoms. The van der Waals surface area contributed by atoms with Gasteiger partial charge in [0.05, 0.1) is 11.4 Å². The van der Waals surface area contributed by atoms with E-state index >= 15 is 0 Å². The van der Waals surface area contributed by atoms with E-state index in [4.69, 9.17) is 0 Å². The van der Waals surface area contributed by atoms with Gasteiger partial charge in [-0.1, -0.05) is 48.5 Å². The van der Waals surface area contributed by atoms with Crippen molar-refractivity contribution in [3.63, 3.8) is 0 Å². The zero-order valence-electron chi connectivity index (χ0n) is 15.1. The van der Waals surface area contributed by atoms with Crippen LogP contribution in [0.4, 0.5) is 22.7 Å². The highest BCUT2D eigenvalue weighted by atomic mass is 15.7. The van der Waals surface area contributed by atoms with Gasteiger partial charge in [-0.25, -0.2) is 10.0 Å². The highest BCUT2D eigenvalue weighted by Crippen LogP contribution is 2.38. The van der Waals surface area contributed by atoms with E-state index in [1.807, 2.05) is 10.0 Å². The lowest BCUT2D eigenvalue weighted by Crippen LogP contribution is -2.31. The van der Waals surface area contributed by atoms with E-state index in [9.17, 15) is 0 Å². The molecule has 0 amide bonds. The summed E-state index contributed by atoms with van der Waals surface area (Å²) >= 11 is 0. The van der Waals surface area contributed by atoms with Gasteiger partial charge in [0.15, 0.2) is 0 Å². The van der Waals surface area contributed by atoms with Crippen molar-refractivity contribution in [2.24, 2.45) is 10.4 Å². The lowest BCUT2D eigenvalue weighted by atomic mass is 10.1. The van der Waals surface area contributed by atoms with Crippen LogP contribution in [0.2, 0.25) is 0 Å². The first-order valence-corrected chi connectivity index (χ1v) is 9.36. The molecule has 0 saturated heterocycles. The van der Waals surface area contributed by atoms with Gasteiger partial charge in [-0.3, -0.25) is 0 Å². The fraction of sp³-hybridized carbons (Fsp3) is 0.0909. The summed E-state index contributed by atoms with van der Waals surface area (Å²) in [5, 5.41) is 24.6. The second kappa shape index (κ2) is 5.85. The van der Waals surface area contributed by atoms with Crippen LogP contribution in [0.25, 0.3) is 21.5 Å². The SMILES string of the molecule is c1cc2c3c(cccc3c1)N(/N=N/N1CNc3cccc4cccc1c34)CN2. The molecule has 0 saturated carbocycles. The number of nitrogens with zero attached hydrogens (tertiary/aromatic N) is 4. The van der Waals surface area contributed by atoms with Crippen molar-refractivity contribution in [1.82, 2.24) is 0 Å². The maximum absolute atomic E-state index is 4.57. The first kappa shape index (κ1) is 15.3. The van der Waals surface area contributed by atoms with Crippen LogP contribution < -0.4 is 20.7 Å². The fourth-order valence-electron chi connectivity index (χ4n) is 4.11. The number of nitrogens with one attached hydrogen (secondary N) is 2. The Hall–Kier alpha value is -3.80. The summed E-state index contributed by atoms with van der Waals surface area (Å²) in [5.41, 5.74) is 4.41. The van der Waals surface area contributed by atoms with Crippen molar-refractivity contribution < 1.29 is 0 Å². The van der Waals surface area contributed by atoms with Crippen LogP contribution in [-0.4, -0.2) is 13.3 Å². The zero-order valence-corrected chi connectivity index (χ0v) is 15.1.